The zero-order valence-corrected chi connectivity index (χ0v) is 17.5. The summed E-state index contributed by atoms with van der Waals surface area (Å²) in [5.74, 6) is 0.196. The molecule has 0 bridgehead atoms. The Morgan fingerprint density at radius 2 is 1.68 bits per heavy atom. The number of ketones is 1. The van der Waals surface area contributed by atoms with E-state index in [9.17, 15) is 9.59 Å². The van der Waals surface area contributed by atoms with Crippen LogP contribution in [0.2, 0.25) is 0 Å². The number of benzene rings is 2. The van der Waals surface area contributed by atoms with Crippen molar-refractivity contribution >= 4 is 33.4 Å². The van der Waals surface area contributed by atoms with Gasteiger partial charge in [-0.1, -0.05) is 46.3 Å². The molecule has 0 radical (unpaired) electrons. The Balaban J connectivity index is 1.32. The normalized spacial score (nSPS) is 15.2. The zero-order valence-electron chi connectivity index (χ0n) is 15.9. The fourth-order valence-electron chi connectivity index (χ4n) is 3.42. The van der Waals surface area contributed by atoms with Gasteiger partial charge in [-0.25, -0.2) is 4.79 Å². The molecular formula is C22H26BrN3O2. The number of hydrogen-bond acceptors (Lipinski definition) is 3. The molecule has 0 saturated carbocycles. The predicted molar refractivity (Wildman–Crippen MR) is 116 cm³/mol. The fourth-order valence-corrected chi connectivity index (χ4v) is 3.68. The highest BCUT2D eigenvalue weighted by molar-refractivity contribution is 9.10. The number of para-hydroxylation sites is 1. The smallest absolute Gasteiger partial charge is 0.319 e. The lowest BCUT2D eigenvalue weighted by Crippen LogP contribution is -2.46. The van der Waals surface area contributed by atoms with E-state index in [1.54, 1.807) is 0 Å². The molecule has 0 unspecified atom stereocenters. The summed E-state index contributed by atoms with van der Waals surface area (Å²) in [6, 6.07) is 17.0. The van der Waals surface area contributed by atoms with Crippen LogP contribution < -0.4 is 10.6 Å². The van der Waals surface area contributed by atoms with Crippen LogP contribution in [0.3, 0.4) is 0 Å². The van der Waals surface area contributed by atoms with Gasteiger partial charge in [0.2, 0.25) is 0 Å². The molecule has 0 atom stereocenters. The van der Waals surface area contributed by atoms with Crippen LogP contribution in [0.1, 0.15) is 36.0 Å². The van der Waals surface area contributed by atoms with Crippen molar-refractivity contribution in [1.29, 1.82) is 0 Å². The van der Waals surface area contributed by atoms with E-state index in [1.165, 1.54) is 0 Å². The van der Waals surface area contributed by atoms with E-state index in [4.69, 9.17) is 0 Å². The molecule has 2 amide bonds. The number of urea groups is 1. The topological polar surface area (TPSA) is 61.4 Å². The summed E-state index contributed by atoms with van der Waals surface area (Å²) >= 11 is 3.39. The minimum Gasteiger partial charge on any atom is -0.335 e. The highest BCUT2D eigenvalue weighted by atomic mass is 79.9. The summed E-state index contributed by atoms with van der Waals surface area (Å²) in [4.78, 5) is 26.7. The van der Waals surface area contributed by atoms with Gasteiger partial charge in [0.15, 0.2) is 5.78 Å². The number of anilines is 1. The van der Waals surface area contributed by atoms with Crippen molar-refractivity contribution < 1.29 is 9.59 Å². The van der Waals surface area contributed by atoms with E-state index in [1.807, 2.05) is 54.6 Å². The van der Waals surface area contributed by atoms with Crippen LogP contribution >= 0.6 is 15.9 Å². The van der Waals surface area contributed by atoms with Crippen molar-refractivity contribution in [2.45, 2.75) is 31.7 Å². The highest BCUT2D eigenvalue weighted by Gasteiger charge is 2.20. The molecule has 1 heterocycles. The number of halogens is 1. The molecule has 1 aliphatic heterocycles. The first-order chi connectivity index (χ1) is 13.6. The molecule has 5 nitrogen and oxygen atoms in total. The van der Waals surface area contributed by atoms with Crippen LogP contribution in [0.15, 0.2) is 59.1 Å². The van der Waals surface area contributed by atoms with E-state index < -0.39 is 0 Å². The number of nitrogens with one attached hydrogen (secondary N) is 2. The first-order valence-corrected chi connectivity index (χ1v) is 10.5. The maximum atomic E-state index is 12.2. The van der Waals surface area contributed by atoms with Crippen LogP contribution in [0.25, 0.3) is 0 Å². The van der Waals surface area contributed by atoms with Crippen LogP contribution in [-0.2, 0) is 0 Å². The molecule has 2 aromatic rings. The number of carbonyl (C=O) groups is 2. The van der Waals surface area contributed by atoms with Crippen LogP contribution in [0, 0.1) is 0 Å². The minimum atomic E-state index is -0.148. The molecule has 1 saturated heterocycles. The molecule has 1 aliphatic rings. The van der Waals surface area contributed by atoms with E-state index in [2.05, 4.69) is 31.5 Å². The Hall–Kier alpha value is -2.18. The standard InChI is InChI=1S/C22H26BrN3O2/c23-18-10-8-17(9-11-18)21(27)7-4-14-26-15-12-20(13-16-26)25-22(28)24-19-5-2-1-3-6-19/h1-3,5-6,8-11,20H,4,7,12-16H2,(H2,24,25,28). The maximum Gasteiger partial charge on any atom is 0.319 e. The molecule has 6 heteroatoms. The highest BCUT2D eigenvalue weighted by Crippen LogP contribution is 2.15. The number of Topliss-reactive ketones (excluding diaryl/α,β-unsaturated/α-hetero) is 1. The minimum absolute atomic E-state index is 0.148. The van der Waals surface area contributed by atoms with Gasteiger partial charge < -0.3 is 15.5 Å². The molecule has 0 aliphatic carbocycles. The number of amides is 2. The van der Waals surface area contributed by atoms with Crippen molar-refractivity contribution in [3.05, 3.63) is 64.6 Å². The summed E-state index contributed by atoms with van der Waals surface area (Å²) in [6.45, 7) is 2.82. The van der Waals surface area contributed by atoms with Gasteiger partial charge in [-0.15, -0.1) is 0 Å². The van der Waals surface area contributed by atoms with Crippen molar-refractivity contribution in [1.82, 2.24) is 10.2 Å². The quantitative estimate of drug-likeness (QED) is 0.609. The molecule has 28 heavy (non-hydrogen) atoms. The molecule has 0 spiro atoms. The molecule has 0 aromatic heterocycles. The first-order valence-electron chi connectivity index (χ1n) is 9.74. The second-order valence-electron chi connectivity index (χ2n) is 7.11. The summed E-state index contributed by atoms with van der Waals surface area (Å²) in [5, 5.41) is 5.92. The van der Waals surface area contributed by atoms with Crippen LogP contribution in [0.5, 0.6) is 0 Å². The lowest BCUT2D eigenvalue weighted by atomic mass is 10.0. The predicted octanol–water partition coefficient (Wildman–Crippen LogP) is 4.70. The summed E-state index contributed by atoms with van der Waals surface area (Å²) in [5.41, 5.74) is 1.57. The lowest BCUT2D eigenvalue weighted by molar-refractivity contribution is 0.0971. The van der Waals surface area contributed by atoms with Gasteiger partial charge in [-0.05, 0) is 50.1 Å². The third kappa shape index (κ3) is 6.46. The third-order valence-corrected chi connectivity index (χ3v) is 5.53. The fraction of sp³-hybridized carbons (Fsp3) is 0.364. The number of likely N-dealkylation sites (tertiary alicyclic amines) is 1. The van der Waals surface area contributed by atoms with Gasteiger partial charge in [0.05, 0.1) is 0 Å². The number of carbonyl (C=O) groups excluding carboxylic acids is 2. The second kappa shape index (κ2) is 10.4. The van der Waals surface area contributed by atoms with Crippen molar-refractivity contribution in [2.75, 3.05) is 25.0 Å². The average Bonchev–Trinajstić information content (AvgIpc) is 2.70. The van der Waals surface area contributed by atoms with Gasteiger partial charge in [0, 0.05) is 41.3 Å². The number of rotatable bonds is 7. The average molecular weight is 444 g/mol. The second-order valence-corrected chi connectivity index (χ2v) is 8.03. The monoisotopic (exact) mass is 443 g/mol. The Kier molecular flexibility index (Phi) is 7.62. The van der Waals surface area contributed by atoms with Gasteiger partial charge >= 0.3 is 6.03 Å². The van der Waals surface area contributed by atoms with E-state index >= 15 is 0 Å². The molecule has 148 valence electrons. The van der Waals surface area contributed by atoms with E-state index in [0.717, 1.165) is 54.6 Å². The van der Waals surface area contributed by atoms with Crippen LogP contribution in [0.4, 0.5) is 10.5 Å². The molecular weight excluding hydrogens is 418 g/mol. The van der Waals surface area contributed by atoms with Crippen molar-refractivity contribution in [3.63, 3.8) is 0 Å². The summed E-state index contributed by atoms with van der Waals surface area (Å²) in [7, 11) is 0. The van der Waals surface area contributed by atoms with E-state index in [0.29, 0.717) is 6.42 Å². The number of hydrogen-bond donors (Lipinski definition) is 2. The molecule has 1 fully saturated rings. The Bertz CT molecular complexity index is 772. The summed E-state index contributed by atoms with van der Waals surface area (Å²) < 4.78 is 0.984. The molecule has 2 aromatic carbocycles. The largest absolute Gasteiger partial charge is 0.335 e. The van der Waals surface area contributed by atoms with Gasteiger partial charge in [0.25, 0.3) is 0 Å². The third-order valence-electron chi connectivity index (χ3n) is 5.00. The van der Waals surface area contributed by atoms with Gasteiger partial charge in [-0.2, -0.15) is 0 Å². The number of nitrogens with zero attached hydrogens (tertiary/aromatic N) is 1. The van der Waals surface area contributed by atoms with E-state index in [-0.39, 0.29) is 17.9 Å². The van der Waals surface area contributed by atoms with Gasteiger partial charge in [0.1, 0.15) is 0 Å². The first kappa shape index (κ1) is 20.6. The molecule has 2 N–H and O–H groups in total. The summed E-state index contributed by atoms with van der Waals surface area (Å²) in [6.07, 6.45) is 3.30. The zero-order chi connectivity index (χ0) is 19.8. The van der Waals surface area contributed by atoms with Crippen LogP contribution in [-0.4, -0.2) is 42.4 Å². The van der Waals surface area contributed by atoms with Crippen molar-refractivity contribution in [2.24, 2.45) is 0 Å². The van der Waals surface area contributed by atoms with Crippen molar-refractivity contribution in [3.8, 4) is 0 Å². The molecule has 3 rings (SSSR count). The Labute approximate surface area is 174 Å². The van der Waals surface area contributed by atoms with Gasteiger partial charge in [-0.3, -0.25) is 4.79 Å². The maximum absolute atomic E-state index is 12.2. The lowest BCUT2D eigenvalue weighted by Gasteiger charge is -2.32. The Morgan fingerprint density at radius 1 is 1.00 bits per heavy atom. The SMILES string of the molecule is O=C(Nc1ccccc1)NC1CCN(CCCC(=O)c2ccc(Br)cc2)CC1. The Morgan fingerprint density at radius 3 is 2.36 bits per heavy atom. The number of piperidine rings is 1.